The molecule has 128 valence electrons. The highest BCUT2D eigenvalue weighted by atomic mass is 19.2. The molecule has 0 saturated heterocycles. The molecule has 0 fully saturated rings. The third kappa shape index (κ3) is 2.90. The number of hydrogen-bond donors (Lipinski definition) is 1. The molecule has 0 aliphatic carbocycles. The summed E-state index contributed by atoms with van der Waals surface area (Å²) in [6.07, 6.45) is 0. The largest absolute Gasteiger partial charge is 0.494 e. The van der Waals surface area contributed by atoms with E-state index in [1.165, 1.54) is 0 Å². The third-order valence-electron chi connectivity index (χ3n) is 3.08. The quantitative estimate of drug-likeness (QED) is 0.385. The number of ether oxygens (including phenoxy) is 2. The van der Waals surface area contributed by atoms with Crippen molar-refractivity contribution in [3.63, 3.8) is 0 Å². The van der Waals surface area contributed by atoms with Crippen molar-refractivity contribution in [2.24, 2.45) is 0 Å². The maximum Gasteiger partial charge on any atom is 0.273 e. The number of methoxy groups -OCH3 is 2. The summed E-state index contributed by atoms with van der Waals surface area (Å²) in [4.78, 5) is 10.00. The van der Waals surface area contributed by atoms with Gasteiger partial charge in [-0.3, -0.25) is 10.1 Å². The Balaban J connectivity index is 2.55. The van der Waals surface area contributed by atoms with Crippen LogP contribution >= 0.6 is 0 Å². The Labute approximate surface area is 132 Å². The molecule has 0 bridgehead atoms. The molecule has 0 aliphatic rings. The predicted molar refractivity (Wildman–Crippen MR) is 75.8 cm³/mol. The van der Waals surface area contributed by atoms with E-state index in [1.807, 2.05) is 0 Å². The van der Waals surface area contributed by atoms with Crippen LogP contribution in [0, 0.1) is 33.4 Å². The topological polar surface area (TPSA) is 73.6 Å². The minimum Gasteiger partial charge on any atom is -0.494 e. The highest BCUT2D eigenvalue weighted by Gasteiger charge is 2.27. The Morgan fingerprint density at radius 1 is 1.00 bits per heavy atom. The Kier molecular flexibility index (Phi) is 4.77. The van der Waals surface area contributed by atoms with Gasteiger partial charge in [-0.05, 0) is 6.07 Å². The summed E-state index contributed by atoms with van der Waals surface area (Å²) in [7, 11) is 2.01. The number of anilines is 2. The molecular formula is C14H10F4N2O4. The molecule has 2 rings (SSSR count). The van der Waals surface area contributed by atoms with Gasteiger partial charge in [-0.2, -0.15) is 8.78 Å². The number of nitro benzene ring substituents is 1. The molecule has 0 unspecified atom stereocenters. The van der Waals surface area contributed by atoms with Crippen LogP contribution < -0.4 is 14.8 Å². The molecule has 0 radical (unpaired) electrons. The highest BCUT2D eigenvalue weighted by molar-refractivity contribution is 5.69. The van der Waals surface area contributed by atoms with E-state index in [0.29, 0.717) is 0 Å². The van der Waals surface area contributed by atoms with Gasteiger partial charge in [0.15, 0.2) is 17.4 Å². The first kappa shape index (κ1) is 17.3. The summed E-state index contributed by atoms with van der Waals surface area (Å²) < 4.78 is 64.4. The van der Waals surface area contributed by atoms with Gasteiger partial charge in [0.25, 0.3) is 5.69 Å². The number of nitrogens with zero attached hydrogens (tertiary/aromatic N) is 1. The first-order valence-electron chi connectivity index (χ1n) is 6.31. The molecule has 2 aromatic rings. The number of non-ortho nitro benzene ring substituents is 1. The zero-order chi connectivity index (χ0) is 18.0. The summed E-state index contributed by atoms with van der Waals surface area (Å²) in [6, 6.07) is 3.08. The fourth-order valence-electron chi connectivity index (χ4n) is 1.93. The summed E-state index contributed by atoms with van der Waals surface area (Å²) in [5.41, 5.74) is -1.60. The van der Waals surface area contributed by atoms with E-state index < -0.39 is 39.6 Å². The lowest BCUT2D eigenvalue weighted by Gasteiger charge is -2.14. The Hall–Kier alpha value is -3.04. The number of benzene rings is 2. The molecule has 0 saturated carbocycles. The van der Waals surface area contributed by atoms with Crippen molar-refractivity contribution in [3.05, 3.63) is 51.6 Å². The molecule has 0 spiro atoms. The molecule has 24 heavy (non-hydrogen) atoms. The van der Waals surface area contributed by atoms with Crippen LogP contribution in [0.4, 0.5) is 34.6 Å². The fraction of sp³-hybridized carbons (Fsp3) is 0.143. The second kappa shape index (κ2) is 6.60. The van der Waals surface area contributed by atoms with Gasteiger partial charge in [0.05, 0.1) is 30.9 Å². The van der Waals surface area contributed by atoms with Gasteiger partial charge in [-0.25, -0.2) is 8.78 Å². The first-order valence-corrected chi connectivity index (χ1v) is 6.31. The minimum absolute atomic E-state index is 0.134. The predicted octanol–water partition coefficient (Wildman–Crippen LogP) is 3.91. The van der Waals surface area contributed by atoms with E-state index in [-0.39, 0.29) is 17.1 Å². The maximum atomic E-state index is 13.9. The van der Waals surface area contributed by atoms with Crippen LogP contribution in [0.1, 0.15) is 0 Å². The lowest BCUT2D eigenvalue weighted by atomic mass is 10.2. The van der Waals surface area contributed by atoms with Crippen LogP contribution in [-0.4, -0.2) is 19.1 Å². The first-order chi connectivity index (χ1) is 11.3. The van der Waals surface area contributed by atoms with Gasteiger partial charge in [-0.1, -0.05) is 0 Å². The van der Waals surface area contributed by atoms with Gasteiger partial charge < -0.3 is 14.8 Å². The third-order valence-corrected chi connectivity index (χ3v) is 3.08. The van der Waals surface area contributed by atoms with E-state index in [0.717, 1.165) is 32.4 Å². The molecule has 0 heterocycles. The molecule has 10 heteroatoms. The fourth-order valence-corrected chi connectivity index (χ4v) is 1.93. The number of hydrogen-bond acceptors (Lipinski definition) is 5. The number of halogens is 4. The molecule has 0 atom stereocenters. The summed E-state index contributed by atoms with van der Waals surface area (Å²) in [5, 5.41) is 12.8. The van der Waals surface area contributed by atoms with Crippen LogP contribution in [0.2, 0.25) is 0 Å². The van der Waals surface area contributed by atoms with Crippen molar-refractivity contribution in [3.8, 4) is 11.5 Å². The van der Waals surface area contributed by atoms with Crippen LogP contribution in [0.15, 0.2) is 18.2 Å². The van der Waals surface area contributed by atoms with E-state index in [2.05, 4.69) is 10.1 Å². The lowest BCUT2D eigenvalue weighted by Crippen LogP contribution is -2.07. The molecule has 1 N–H and O–H groups in total. The van der Waals surface area contributed by atoms with Crippen molar-refractivity contribution < 1.29 is 32.0 Å². The van der Waals surface area contributed by atoms with Crippen molar-refractivity contribution in [1.82, 2.24) is 0 Å². The van der Waals surface area contributed by atoms with Crippen molar-refractivity contribution in [1.29, 1.82) is 0 Å². The monoisotopic (exact) mass is 346 g/mol. The molecule has 2 aromatic carbocycles. The summed E-state index contributed by atoms with van der Waals surface area (Å²) >= 11 is 0. The van der Waals surface area contributed by atoms with Crippen LogP contribution in [0.25, 0.3) is 0 Å². The lowest BCUT2D eigenvalue weighted by molar-refractivity contribution is -0.384. The molecular weight excluding hydrogens is 336 g/mol. The SMILES string of the molecule is COc1cc([N+](=O)[O-])ccc1Nc1c(F)c(F)c(OC)c(F)c1F. The average molecular weight is 346 g/mol. The van der Waals surface area contributed by atoms with Crippen LogP contribution in [0.3, 0.4) is 0 Å². The maximum absolute atomic E-state index is 13.9. The van der Waals surface area contributed by atoms with E-state index in [4.69, 9.17) is 4.74 Å². The number of nitrogens with one attached hydrogen (secondary N) is 1. The summed E-state index contributed by atoms with van der Waals surface area (Å²) in [6.45, 7) is 0. The van der Waals surface area contributed by atoms with Gasteiger partial charge in [0.1, 0.15) is 11.4 Å². The standard InChI is InChI=1S/C14H10F4N2O4/c1-23-8-5-6(20(21)22)3-4-7(8)19-13-9(15)11(17)14(24-2)12(18)10(13)16/h3-5,19H,1-2H3. The second-order valence-electron chi connectivity index (χ2n) is 4.43. The van der Waals surface area contributed by atoms with E-state index in [1.54, 1.807) is 0 Å². The smallest absolute Gasteiger partial charge is 0.273 e. The van der Waals surface area contributed by atoms with Crippen molar-refractivity contribution in [2.75, 3.05) is 19.5 Å². The zero-order valence-corrected chi connectivity index (χ0v) is 12.3. The Morgan fingerprint density at radius 3 is 2.04 bits per heavy atom. The normalized spacial score (nSPS) is 10.4. The Bertz CT molecular complexity index is 785. The minimum atomic E-state index is -1.72. The average Bonchev–Trinajstić information content (AvgIpc) is 2.57. The number of rotatable bonds is 5. The van der Waals surface area contributed by atoms with Gasteiger partial charge in [0.2, 0.25) is 11.6 Å². The van der Waals surface area contributed by atoms with E-state index in [9.17, 15) is 27.7 Å². The molecule has 0 amide bonds. The van der Waals surface area contributed by atoms with Crippen molar-refractivity contribution >= 4 is 17.1 Å². The summed E-state index contributed by atoms with van der Waals surface area (Å²) in [5.74, 6) is -8.23. The second-order valence-corrected chi connectivity index (χ2v) is 4.43. The van der Waals surface area contributed by atoms with Crippen LogP contribution in [-0.2, 0) is 0 Å². The molecule has 6 nitrogen and oxygen atoms in total. The van der Waals surface area contributed by atoms with E-state index >= 15 is 0 Å². The van der Waals surface area contributed by atoms with Crippen molar-refractivity contribution in [2.45, 2.75) is 0 Å². The molecule has 0 aromatic heterocycles. The van der Waals surface area contributed by atoms with Crippen LogP contribution in [0.5, 0.6) is 11.5 Å². The molecule has 0 aliphatic heterocycles. The number of nitro groups is 1. The Morgan fingerprint density at radius 2 is 1.58 bits per heavy atom. The van der Waals surface area contributed by atoms with Gasteiger partial charge in [-0.15, -0.1) is 0 Å². The van der Waals surface area contributed by atoms with Gasteiger partial charge in [0, 0.05) is 6.07 Å². The zero-order valence-electron chi connectivity index (χ0n) is 12.3. The van der Waals surface area contributed by atoms with Gasteiger partial charge >= 0.3 is 0 Å². The highest BCUT2D eigenvalue weighted by Crippen LogP contribution is 2.37.